The van der Waals surface area contributed by atoms with Crippen molar-refractivity contribution in [2.45, 2.75) is 0 Å². The van der Waals surface area contributed by atoms with Crippen LogP contribution < -0.4 is 16.4 Å². The van der Waals surface area contributed by atoms with Crippen LogP contribution in [0.25, 0.3) is 0 Å². The van der Waals surface area contributed by atoms with Gasteiger partial charge < -0.3 is 21.5 Å². The molecule has 92 valence electrons. The number of nitrogens with one attached hydrogen (secondary N) is 2. The molecule has 0 bridgehead atoms. The minimum atomic E-state index is -1.32. The highest BCUT2D eigenvalue weighted by atomic mass is 19.1. The van der Waals surface area contributed by atoms with E-state index in [9.17, 15) is 14.0 Å². The molecule has 0 aliphatic heterocycles. The third-order valence-corrected chi connectivity index (χ3v) is 1.91. The Bertz CT molecular complexity index is 437. The summed E-state index contributed by atoms with van der Waals surface area (Å²) < 4.78 is 13.4. The van der Waals surface area contributed by atoms with Crippen LogP contribution in [0.5, 0.6) is 0 Å². The van der Waals surface area contributed by atoms with Gasteiger partial charge in [0.1, 0.15) is 5.82 Å². The summed E-state index contributed by atoms with van der Waals surface area (Å²) in [6, 6.07) is 2.81. The molecule has 1 rings (SSSR count). The van der Waals surface area contributed by atoms with Crippen LogP contribution in [-0.2, 0) is 0 Å². The molecule has 6 nitrogen and oxygen atoms in total. The van der Waals surface area contributed by atoms with Crippen LogP contribution in [0.2, 0.25) is 0 Å². The highest BCUT2D eigenvalue weighted by Crippen LogP contribution is 2.19. The van der Waals surface area contributed by atoms with Gasteiger partial charge in [0.05, 0.1) is 11.3 Å². The van der Waals surface area contributed by atoms with Gasteiger partial charge in [-0.25, -0.2) is 14.0 Å². The number of carbonyl (C=O) groups excluding carboxylic acids is 1. The van der Waals surface area contributed by atoms with Crippen LogP contribution in [0.3, 0.4) is 0 Å². The molecule has 17 heavy (non-hydrogen) atoms. The Kier molecular flexibility index (Phi) is 4.41. The second-order valence-corrected chi connectivity index (χ2v) is 3.14. The van der Waals surface area contributed by atoms with Crippen LogP contribution in [-0.4, -0.2) is 30.2 Å². The number of para-hydroxylation sites is 1. The molecule has 0 fully saturated rings. The molecule has 0 aromatic heterocycles. The maximum Gasteiger partial charge on any atom is 0.337 e. The molecular formula is C10H12FN3O3. The van der Waals surface area contributed by atoms with Crippen molar-refractivity contribution in [3.05, 3.63) is 29.6 Å². The molecule has 7 heteroatoms. The first-order valence-corrected chi connectivity index (χ1v) is 4.83. The molecule has 0 saturated heterocycles. The summed E-state index contributed by atoms with van der Waals surface area (Å²) in [5, 5.41) is 13.3. The Balaban J connectivity index is 2.89. The third-order valence-electron chi connectivity index (χ3n) is 1.91. The number of aromatic carboxylic acids is 1. The van der Waals surface area contributed by atoms with Crippen molar-refractivity contribution in [1.82, 2.24) is 5.32 Å². The molecule has 0 heterocycles. The van der Waals surface area contributed by atoms with E-state index in [1.54, 1.807) is 0 Å². The second kappa shape index (κ2) is 5.80. The maximum atomic E-state index is 13.4. The molecule has 0 radical (unpaired) electrons. The zero-order valence-corrected chi connectivity index (χ0v) is 8.87. The van der Waals surface area contributed by atoms with E-state index in [0.717, 1.165) is 6.07 Å². The van der Waals surface area contributed by atoms with E-state index >= 15 is 0 Å². The Labute approximate surface area is 96.6 Å². The van der Waals surface area contributed by atoms with Gasteiger partial charge in [-0.05, 0) is 12.1 Å². The van der Waals surface area contributed by atoms with E-state index in [2.05, 4.69) is 10.6 Å². The van der Waals surface area contributed by atoms with Gasteiger partial charge in [0.2, 0.25) is 0 Å². The molecule has 1 aromatic carbocycles. The predicted molar refractivity (Wildman–Crippen MR) is 59.4 cm³/mol. The summed E-state index contributed by atoms with van der Waals surface area (Å²) in [4.78, 5) is 22.1. The molecule has 0 spiro atoms. The number of halogens is 1. The fourth-order valence-electron chi connectivity index (χ4n) is 1.17. The first-order chi connectivity index (χ1) is 8.06. The first-order valence-electron chi connectivity index (χ1n) is 4.83. The van der Waals surface area contributed by atoms with Gasteiger partial charge in [0, 0.05) is 13.1 Å². The molecule has 0 saturated carbocycles. The lowest BCUT2D eigenvalue weighted by Gasteiger charge is -2.10. The highest BCUT2D eigenvalue weighted by Gasteiger charge is 2.15. The van der Waals surface area contributed by atoms with Crippen molar-refractivity contribution >= 4 is 17.7 Å². The second-order valence-electron chi connectivity index (χ2n) is 3.14. The van der Waals surface area contributed by atoms with Gasteiger partial charge in [-0.2, -0.15) is 0 Å². The number of benzene rings is 1. The van der Waals surface area contributed by atoms with Crippen molar-refractivity contribution in [1.29, 1.82) is 0 Å². The lowest BCUT2D eigenvalue weighted by atomic mass is 10.1. The first kappa shape index (κ1) is 12.9. The van der Waals surface area contributed by atoms with Crippen LogP contribution in [0.15, 0.2) is 18.2 Å². The maximum absolute atomic E-state index is 13.4. The van der Waals surface area contributed by atoms with Gasteiger partial charge in [-0.1, -0.05) is 6.07 Å². The van der Waals surface area contributed by atoms with Gasteiger partial charge >= 0.3 is 12.0 Å². The largest absolute Gasteiger partial charge is 0.478 e. The Morgan fingerprint density at radius 1 is 1.41 bits per heavy atom. The smallest absolute Gasteiger partial charge is 0.337 e. The van der Waals surface area contributed by atoms with Crippen LogP contribution in [0.1, 0.15) is 10.4 Å². The van der Waals surface area contributed by atoms with Crippen LogP contribution in [0.4, 0.5) is 14.9 Å². The van der Waals surface area contributed by atoms with E-state index in [4.69, 9.17) is 10.8 Å². The molecule has 5 N–H and O–H groups in total. The lowest BCUT2D eigenvalue weighted by Crippen LogP contribution is -2.33. The Hall–Kier alpha value is -2.15. The monoisotopic (exact) mass is 241 g/mol. The number of urea groups is 1. The summed E-state index contributed by atoms with van der Waals surface area (Å²) in [6.45, 7) is 0.444. The van der Waals surface area contributed by atoms with E-state index in [1.165, 1.54) is 12.1 Å². The highest BCUT2D eigenvalue weighted by molar-refractivity contribution is 6.00. The zero-order valence-electron chi connectivity index (χ0n) is 8.87. The molecule has 0 atom stereocenters. The molecule has 0 aliphatic carbocycles. The third kappa shape index (κ3) is 3.42. The molecule has 1 aromatic rings. The number of rotatable bonds is 4. The SMILES string of the molecule is NCCNC(=O)Nc1c(F)cccc1C(=O)O. The van der Waals surface area contributed by atoms with Crippen molar-refractivity contribution in [3.8, 4) is 0 Å². The van der Waals surface area contributed by atoms with Gasteiger partial charge in [-0.3, -0.25) is 0 Å². The Morgan fingerprint density at radius 3 is 2.71 bits per heavy atom. The number of hydrogen-bond donors (Lipinski definition) is 4. The number of hydrogen-bond acceptors (Lipinski definition) is 3. The van der Waals surface area contributed by atoms with Gasteiger partial charge in [0.15, 0.2) is 0 Å². The van der Waals surface area contributed by atoms with Gasteiger partial charge in [-0.15, -0.1) is 0 Å². The summed E-state index contributed by atoms with van der Waals surface area (Å²) in [7, 11) is 0. The summed E-state index contributed by atoms with van der Waals surface area (Å²) in [5.41, 5.74) is 4.49. The summed E-state index contributed by atoms with van der Waals surface area (Å²) in [6.07, 6.45) is 0. The number of carbonyl (C=O) groups is 2. The molecule has 0 aliphatic rings. The minimum Gasteiger partial charge on any atom is -0.478 e. The minimum absolute atomic E-state index is 0.211. The summed E-state index contributed by atoms with van der Waals surface area (Å²) >= 11 is 0. The molecule has 2 amide bonds. The lowest BCUT2D eigenvalue weighted by molar-refractivity contribution is 0.0697. The normalized spacial score (nSPS) is 9.76. The van der Waals surface area contributed by atoms with E-state index in [1.807, 2.05) is 0 Å². The number of carboxylic acid groups (broad SMARTS) is 1. The fraction of sp³-hybridized carbons (Fsp3) is 0.200. The standard InChI is InChI=1S/C10H12FN3O3/c11-7-3-1-2-6(9(15)16)8(7)14-10(17)13-5-4-12/h1-3H,4-5,12H2,(H,15,16)(H2,13,14,17). The quantitative estimate of drug-likeness (QED) is 0.619. The number of anilines is 1. The van der Waals surface area contributed by atoms with Crippen molar-refractivity contribution < 1.29 is 19.1 Å². The van der Waals surface area contributed by atoms with E-state index in [-0.39, 0.29) is 24.3 Å². The van der Waals surface area contributed by atoms with E-state index < -0.39 is 17.8 Å². The number of nitrogens with two attached hydrogens (primary N) is 1. The Morgan fingerprint density at radius 2 is 2.12 bits per heavy atom. The predicted octanol–water partition coefficient (Wildman–Crippen LogP) is 0.604. The topological polar surface area (TPSA) is 104 Å². The number of amides is 2. The van der Waals surface area contributed by atoms with Crippen molar-refractivity contribution in [3.63, 3.8) is 0 Å². The van der Waals surface area contributed by atoms with E-state index in [0.29, 0.717) is 0 Å². The van der Waals surface area contributed by atoms with Crippen molar-refractivity contribution in [2.75, 3.05) is 18.4 Å². The van der Waals surface area contributed by atoms with Gasteiger partial charge in [0.25, 0.3) is 0 Å². The zero-order chi connectivity index (χ0) is 12.8. The fourth-order valence-corrected chi connectivity index (χ4v) is 1.17. The average Bonchev–Trinajstić information content (AvgIpc) is 2.28. The van der Waals surface area contributed by atoms with Crippen LogP contribution in [0, 0.1) is 5.82 Å². The van der Waals surface area contributed by atoms with Crippen LogP contribution >= 0.6 is 0 Å². The molecule has 0 unspecified atom stereocenters. The number of carboxylic acids is 1. The molecular weight excluding hydrogens is 229 g/mol. The summed E-state index contributed by atoms with van der Waals surface area (Å²) in [5.74, 6) is -2.13. The van der Waals surface area contributed by atoms with Crippen molar-refractivity contribution in [2.24, 2.45) is 5.73 Å². The average molecular weight is 241 g/mol.